The normalized spacial score (nSPS) is 18.8. The van der Waals surface area contributed by atoms with Crippen LogP contribution in [-0.2, 0) is 14.8 Å². The van der Waals surface area contributed by atoms with Crippen LogP contribution < -0.4 is 5.32 Å². The van der Waals surface area contributed by atoms with E-state index >= 15 is 0 Å². The minimum Gasteiger partial charge on any atom is -0.379 e. The van der Waals surface area contributed by atoms with Crippen LogP contribution in [0.3, 0.4) is 0 Å². The zero-order valence-corrected chi connectivity index (χ0v) is 19.0. The fourth-order valence-corrected chi connectivity index (χ4v) is 5.83. The first-order chi connectivity index (χ1) is 15.9. The number of benzene rings is 2. The summed E-state index contributed by atoms with van der Waals surface area (Å²) < 4.78 is 45.9. The van der Waals surface area contributed by atoms with Crippen LogP contribution >= 0.6 is 0 Å². The number of nitrogens with zero attached hydrogens (tertiary/aromatic N) is 3. The third kappa shape index (κ3) is 5.32. The molecule has 1 atom stereocenters. The Kier molecular flexibility index (Phi) is 7.23. The third-order valence-electron chi connectivity index (χ3n) is 6.10. The molecular weight excluding hydrogens is 451 g/mol. The maximum atomic E-state index is 13.5. The summed E-state index contributed by atoms with van der Waals surface area (Å²) in [5, 5.41) is 14.9. The standard InChI is InChI=1S/C22H27FN4O5S/c23-18-5-3-17(4-6-18)22(25-11-13-32-14-12-25)16-24-20-8-7-19(15-21(20)27(28)29)33(30,31)26-9-1-2-10-26/h3-8,15,22,24H,1-2,9-14,16H2/t22-/m1/s1. The maximum Gasteiger partial charge on any atom is 0.293 e. The molecule has 2 aliphatic rings. The second-order valence-electron chi connectivity index (χ2n) is 8.14. The van der Waals surface area contributed by atoms with Gasteiger partial charge in [-0.1, -0.05) is 12.1 Å². The zero-order valence-electron chi connectivity index (χ0n) is 18.2. The first-order valence-corrected chi connectivity index (χ1v) is 12.4. The Morgan fingerprint density at radius 1 is 1.06 bits per heavy atom. The van der Waals surface area contributed by atoms with E-state index in [1.54, 1.807) is 12.1 Å². The number of hydrogen-bond donors (Lipinski definition) is 1. The van der Waals surface area contributed by atoms with Crippen LogP contribution in [-0.4, -0.2) is 68.5 Å². The van der Waals surface area contributed by atoms with Gasteiger partial charge in [0.1, 0.15) is 11.5 Å². The smallest absolute Gasteiger partial charge is 0.293 e. The summed E-state index contributed by atoms with van der Waals surface area (Å²) in [6.45, 7) is 3.67. The molecule has 9 nitrogen and oxygen atoms in total. The van der Waals surface area contributed by atoms with Crippen LogP contribution in [0.4, 0.5) is 15.8 Å². The highest BCUT2D eigenvalue weighted by atomic mass is 32.2. The van der Waals surface area contributed by atoms with Crippen LogP contribution in [0, 0.1) is 15.9 Å². The number of sulfonamides is 1. The van der Waals surface area contributed by atoms with Crippen molar-refractivity contribution in [3.63, 3.8) is 0 Å². The number of nitro benzene ring substituents is 1. The molecule has 2 aromatic carbocycles. The van der Waals surface area contributed by atoms with E-state index in [1.165, 1.54) is 28.6 Å². The number of anilines is 1. The van der Waals surface area contributed by atoms with E-state index in [-0.39, 0.29) is 28.1 Å². The fourth-order valence-electron chi connectivity index (χ4n) is 4.29. The lowest BCUT2D eigenvalue weighted by atomic mass is 10.0. The van der Waals surface area contributed by atoms with Gasteiger partial charge in [0.05, 0.1) is 29.1 Å². The van der Waals surface area contributed by atoms with Crippen molar-refractivity contribution in [2.24, 2.45) is 0 Å². The van der Waals surface area contributed by atoms with Gasteiger partial charge in [-0.15, -0.1) is 0 Å². The van der Waals surface area contributed by atoms with Gasteiger partial charge in [0.15, 0.2) is 0 Å². The predicted molar refractivity (Wildman–Crippen MR) is 121 cm³/mol. The van der Waals surface area contributed by atoms with Gasteiger partial charge in [0.25, 0.3) is 5.69 Å². The highest BCUT2D eigenvalue weighted by Gasteiger charge is 2.30. The molecule has 2 aromatic rings. The fraction of sp³-hybridized carbons (Fsp3) is 0.455. The molecule has 0 bridgehead atoms. The minimum atomic E-state index is -3.76. The molecule has 0 saturated carbocycles. The number of morpholine rings is 1. The molecule has 0 radical (unpaired) electrons. The maximum absolute atomic E-state index is 13.5. The minimum absolute atomic E-state index is 0.0788. The van der Waals surface area contributed by atoms with Gasteiger partial charge in [0, 0.05) is 38.8 Å². The highest BCUT2D eigenvalue weighted by Crippen LogP contribution is 2.31. The van der Waals surface area contributed by atoms with Crippen LogP contribution in [0.1, 0.15) is 24.4 Å². The summed E-state index contributed by atoms with van der Waals surface area (Å²) >= 11 is 0. The monoisotopic (exact) mass is 478 g/mol. The topological polar surface area (TPSA) is 105 Å². The number of rotatable bonds is 8. The van der Waals surface area contributed by atoms with E-state index in [2.05, 4.69) is 10.2 Å². The molecule has 2 aliphatic heterocycles. The van der Waals surface area contributed by atoms with Crippen molar-refractivity contribution < 1.29 is 22.5 Å². The van der Waals surface area contributed by atoms with Crippen molar-refractivity contribution in [2.75, 3.05) is 51.3 Å². The Hall–Kier alpha value is -2.60. The molecule has 178 valence electrons. The van der Waals surface area contributed by atoms with Crippen molar-refractivity contribution in [3.05, 3.63) is 64.0 Å². The van der Waals surface area contributed by atoms with Gasteiger partial charge in [-0.05, 0) is 42.7 Å². The second kappa shape index (κ2) is 10.1. The summed E-state index contributed by atoms with van der Waals surface area (Å²) in [5.41, 5.74) is 0.817. The van der Waals surface area contributed by atoms with Gasteiger partial charge < -0.3 is 10.1 Å². The van der Waals surface area contributed by atoms with E-state index in [4.69, 9.17) is 4.74 Å². The molecule has 0 unspecified atom stereocenters. The molecule has 2 fully saturated rings. The lowest BCUT2D eigenvalue weighted by molar-refractivity contribution is -0.384. The van der Waals surface area contributed by atoms with Crippen LogP contribution in [0.15, 0.2) is 47.4 Å². The van der Waals surface area contributed by atoms with E-state index in [0.717, 1.165) is 24.5 Å². The number of nitro groups is 1. The van der Waals surface area contributed by atoms with E-state index in [0.29, 0.717) is 45.9 Å². The molecule has 0 amide bonds. The van der Waals surface area contributed by atoms with Crippen LogP contribution in [0.5, 0.6) is 0 Å². The van der Waals surface area contributed by atoms with E-state index in [9.17, 15) is 22.9 Å². The Labute approximate surface area is 192 Å². The Morgan fingerprint density at radius 3 is 2.36 bits per heavy atom. The van der Waals surface area contributed by atoms with E-state index in [1.807, 2.05) is 0 Å². The molecular formula is C22H27FN4O5S. The second-order valence-corrected chi connectivity index (χ2v) is 10.1. The summed E-state index contributed by atoms with van der Waals surface area (Å²) in [6.07, 6.45) is 1.57. The highest BCUT2D eigenvalue weighted by molar-refractivity contribution is 7.89. The molecule has 4 rings (SSSR count). The van der Waals surface area contributed by atoms with Gasteiger partial charge in [-0.2, -0.15) is 4.31 Å². The molecule has 33 heavy (non-hydrogen) atoms. The molecule has 2 heterocycles. The first kappa shape index (κ1) is 23.6. The van der Waals surface area contributed by atoms with Gasteiger partial charge >= 0.3 is 0 Å². The van der Waals surface area contributed by atoms with Gasteiger partial charge in [0.2, 0.25) is 10.0 Å². The summed E-state index contributed by atoms with van der Waals surface area (Å²) in [7, 11) is -3.76. The lowest BCUT2D eigenvalue weighted by Crippen LogP contribution is -2.41. The molecule has 1 N–H and O–H groups in total. The Morgan fingerprint density at radius 2 is 1.73 bits per heavy atom. The largest absolute Gasteiger partial charge is 0.379 e. The van der Waals surface area contributed by atoms with Gasteiger partial charge in [-0.3, -0.25) is 15.0 Å². The zero-order chi connectivity index (χ0) is 23.4. The van der Waals surface area contributed by atoms with Crippen molar-refractivity contribution in [1.82, 2.24) is 9.21 Å². The van der Waals surface area contributed by atoms with Crippen LogP contribution in [0.25, 0.3) is 0 Å². The van der Waals surface area contributed by atoms with Crippen molar-refractivity contribution >= 4 is 21.4 Å². The number of ether oxygens (including phenoxy) is 1. The van der Waals surface area contributed by atoms with E-state index < -0.39 is 14.9 Å². The average Bonchev–Trinajstić information content (AvgIpc) is 3.37. The van der Waals surface area contributed by atoms with Gasteiger partial charge in [-0.25, -0.2) is 12.8 Å². The summed E-state index contributed by atoms with van der Waals surface area (Å²) in [6, 6.07) is 10.0. The third-order valence-corrected chi connectivity index (χ3v) is 7.99. The number of nitrogens with one attached hydrogen (secondary N) is 1. The molecule has 11 heteroatoms. The predicted octanol–water partition coefficient (Wildman–Crippen LogP) is 3.00. The van der Waals surface area contributed by atoms with Crippen molar-refractivity contribution in [2.45, 2.75) is 23.8 Å². The quantitative estimate of drug-likeness (QED) is 0.459. The van der Waals surface area contributed by atoms with Crippen molar-refractivity contribution in [1.29, 1.82) is 0 Å². The molecule has 2 saturated heterocycles. The Balaban J connectivity index is 1.58. The Bertz CT molecular complexity index is 1080. The summed E-state index contributed by atoms with van der Waals surface area (Å²) in [4.78, 5) is 13.3. The lowest BCUT2D eigenvalue weighted by Gasteiger charge is -2.35. The first-order valence-electron chi connectivity index (χ1n) is 11.0. The SMILES string of the molecule is O=[N+]([O-])c1cc(S(=O)(=O)N2CCCC2)ccc1NC[C@H](c1ccc(F)cc1)N1CCOCC1. The molecule has 0 aromatic heterocycles. The molecule has 0 aliphatic carbocycles. The van der Waals surface area contributed by atoms with Crippen LogP contribution in [0.2, 0.25) is 0 Å². The number of halogens is 1. The summed E-state index contributed by atoms with van der Waals surface area (Å²) in [5.74, 6) is -0.335. The van der Waals surface area contributed by atoms with Crippen molar-refractivity contribution in [3.8, 4) is 0 Å². The number of hydrogen-bond acceptors (Lipinski definition) is 7. The average molecular weight is 479 g/mol. The molecule has 0 spiro atoms.